The lowest BCUT2D eigenvalue weighted by Crippen LogP contribution is -2.23. The van der Waals surface area contributed by atoms with Crippen molar-refractivity contribution in [2.75, 3.05) is 13.2 Å². The van der Waals surface area contributed by atoms with Crippen LogP contribution in [-0.4, -0.2) is 49.0 Å². The quantitative estimate of drug-likeness (QED) is 0.657. The molecule has 0 amide bonds. The summed E-state index contributed by atoms with van der Waals surface area (Å²) in [6.07, 6.45) is 2.56. The molecule has 1 aliphatic rings. The second-order valence-electron chi connectivity index (χ2n) is 4.55. The highest BCUT2D eigenvalue weighted by Gasteiger charge is 2.36. The van der Waals surface area contributed by atoms with Crippen LogP contribution in [0.1, 0.15) is 12.6 Å². The molecule has 19 heavy (non-hydrogen) atoms. The Labute approximate surface area is 107 Å². The van der Waals surface area contributed by atoms with Gasteiger partial charge in [-0.1, -0.05) is 0 Å². The molecule has 8 nitrogen and oxygen atoms in total. The van der Waals surface area contributed by atoms with Crippen LogP contribution in [0.15, 0.2) is 17.4 Å². The molecule has 0 aromatic carbocycles. The van der Waals surface area contributed by atoms with Gasteiger partial charge in [-0.05, 0) is 0 Å². The van der Waals surface area contributed by atoms with E-state index in [1.807, 2.05) is 0 Å². The minimum atomic E-state index is -0.408. The van der Waals surface area contributed by atoms with E-state index < -0.39 is 6.10 Å². The van der Waals surface area contributed by atoms with Crippen LogP contribution in [0.3, 0.4) is 0 Å². The molecule has 3 atom stereocenters. The maximum absolute atomic E-state index is 11.6. The zero-order valence-corrected chi connectivity index (χ0v) is 10.1. The summed E-state index contributed by atoms with van der Waals surface area (Å²) in [4.78, 5) is 22.1. The van der Waals surface area contributed by atoms with Gasteiger partial charge in [-0.3, -0.25) is 9.36 Å². The zero-order chi connectivity index (χ0) is 13.4. The molecule has 0 spiro atoms. The Bertz CT molecular complexity index is 625. The molecule has 0 saturated carbocycles. The van der Waals surface area contributed by atoms with Crippen molar-refractivity contribution in [2.45, 2.75) is 18.8 Å². The number of hydrogen-bond acceptors (Lipinski definition) is 6. The van der Waals surface area contributed by atoms with Gasteiger partial charge in [0, 0.05) is 18.9 Å². The number of nitrogens with zero attached hydrogens (tertiary/aromatic N) is 3. The summed E-state index contributed by atoms with van der Waals surface area (Å²) in [5.74, 6) is -0.130. The third kappa shape index (κ3) is 1.93. The van der Waals surface area contributed by atoms with Gasteiger partial charge < -0.3 is 19.9 Å². The first-order valence-corrected chi connectivity index (χ1v) is 6.02. The third-order valence-corrected chi connectivity index (χ3v) is 3.45. The summed E-state index contributed by atoms with van der Waals surface area (Å²) in [6, 6.07) is 0. The van der Waals surface area contributed by atoms with E-state index in [1.54, 1.807) is 4.57 Å². The number of fused-ring (bicyclic) bond motifs is 1. The Morgan fingerprint density at radius 2 is 2.26 bits per heavy atom. The van der Waals surface area contributed by atoms with E-state index in [4.69, 9.17) is 4.74 Å². The van der Waals surface area contributed by atoms with Gasteiger partial charge in [0.25, 0.3) is 5.56 Å². The standard InChI is InChI=1S/C11H14N4O4/c16-2-6-1-8(19-7(6)3-17)15-5-14-9-10(15)12-4-13-11(9)18/h4-8,16-17H,1-3H2,(H,12,13,18)/t6?,7-,8-/m0/s1. The molecule has 1 aliphatic heterocycles. The molecule has 0 bridgehead atoms. The van der Waals surface area contributed by atoms with Crippen molar-refractivity contribution in [1.29, 1.82) is 0 Å². The van der Waals surface area contributed by atoms with Crippen LogP contribution in [-0.2, 0) is 4.74 Å². The van der Waals surface area contributed by atoms with Crippen LogP contribution in [0.5, 0.6) is 0 Å². The minimum Gasteiger partial charge on any atom is -0.396 e. The van der Waals surface area contributed by atoms with E-state index in [-0.39, 0.29) is 36.4 Å². The van der Waals surface area contributed by atoms with Gasteiger partial charge in [0.2, 0.25) is 0 Å². The normalized spacial score (nSPS) is 27.2. The van der Waals surface area contributed by atoms with Crippen LogP contribution in [0.2, 0.25) is 0 Å². The Kier molecular flexibility index (Phi) is 3.05. The fraction of sp³-hybridized carbons (Fsp3) is 0.545. The first-order chi connectivity index (χ1) is 9.24. The summed E-state index contributed by atoms with van der Waals surface area (Å²) in [5.41, 5.74) is 0.377. The molecular weight excluding hydrogens is 252 g/mol. The first-order valence-electron chi connectivity index (χ1n) is 6.02. The monoisotopic (exact) mass is 266 g/mol. The summed E-state index contributed by atoms with van der Waals surface area (Å²) in [6.45, 7) is -0.204. The number of ether oxygens (including phenoxy) is 1. The van der Waals surface area contributed by atoms with Crippen molar-refractivity contribution >= 4 is 11.2 Å². The van der Waals surface area contributed by atoms with Crippen molar-refractivity contribution in [3.63, 3.8) is 0 Å². The molecule has 8 heteroatoms. The lowest BCUT2D eigenvalue weighted by atomic mass is 10.0. The van der Waals surface area contributed by atoms with Gasteiger partial charge in [-0.15, -0.1) is 0 Å². The average Bonchev–Trinajstić information content (AvgIpc) is 3.02. The van der Waals surface area contributed by atoms with Crippen LogP contribution in [0.4, 0.5) is 0 Å². The number of aliphatic hydroxyl groups is 2. The Hall–Kier alpha value is -1.77. The number of aromatic amines is 1. The summed E-state index contributed by atoms with van der Waals surface area (Å²) in [5, 5.41) is 18.5. The van der Waals surface area contributed by atoms with E-state index >= 15 is 0 Å². The van der Waals surface area contributed by atoms with Crippen molar-refractivity contribution in [3.8, 4) is 0 Å². The van der Waals surface area contributed by atoms with Crippen molar-refractivity contribution in [2.24, 2.45) is 5.92 Å². The average molecular weight is 266 g/mol. The second kappa shape index (κ2) is 4.72. The third-order valence-electron chi connectivity index (χ3n) is 3.45. The van der Waals surface area contributed by atoms with Crippen LogP contribution in [0.25, 0.3) is 11.2 Å². The van der Waals surface area contributed by atoms with Gasteiger partial charge in [-0.2, -0.15) is 0 Å². The topological polar surface area (TPSA) is 113 Å². The molecule has 3 rings (SSSR count). The highest BCUT2D eigenvalue weighted by molar-refractivity contribution is 5.68. The Balaban J connectivity index is 1.98. The van der Waals surface area contributed by atoms with Crippen LogP contribution >= 0.6 is 0 Å². The van der Waals surface area contributed by atoms with Crippen molar-refractivity contribution < 1.29 is 14.9 Å². The lowest BCUT2D eigenvalue weighted by Gasteiger charge is -2.14. The molecular formula is C11H14N4O4. The van der Waals surface area contributed by atoms with E-state index in [0.29, 0.717) is 12.1 Å². The molecule has 102 valence electrons. The van der Waals surface area contributed by atoms with Gasteiger partial charge >= 0.3 is 0 Å². The fourth-order valence-electron chi connectivity index (χ4n) is 2.42. The van der Waals surface area contributed by atoms with E-state index in [0.717, 1.165) is 0 Å². The summed E-state index contributed by atoms with van der Waals surface area (Å²) in [7, 11) is 0. The Morgan fingerprint density at radius 1 is 1.42 bits per heavy atom. The molecule has 3 N–H and O–H groups in total. The van der Waals surface area contributed by atoms with Crippen molar-refractivity contribution in [1.82, 2.24) is 19.5 Å². The number of hydrogen-bond donors (Lipinski definition) is 3. The number of H-pyrrole nitrogens is 1. The molecule has 3 heterocycles. The van der Waals surface area contributed by atoms with Crippen LogP contribution in [0, 0.1) is 5.92 Å². The lowest BCUT2D eigenvalue weighted by molar-refractivity contribution is -0.0334. The number of imidazole rings is 1. The smallest absolute Gasteiger partial charge is 0.278 e. The maximum Gasteiger partial charge on any atom is 0.278 e. The zero-order valence-electron chi connectivity index (χ0n) is 10.1. The van der Waals surface area contributed by atoms with E-state index in [9.17, 15) is 15.0 Å². The maximum atomic E-state index is 11.6. The van der Waals surface area contributed by atoms with Gasteiger partial charge in [-0.25, -0.2) is 9.97 Å². The first kappa shape index (κ1) is 12.3. The molecule has 0 radical (unpaired) electrons. The largest absolute Gasteiger partial charge is 0.396 e. The summed E-state index contributed by atoms with van der Waals surface area (Å²) < 4.78 is 7.32. The number of aromatic nitrogens is 4. The predicted octanol–water partition coefficient (Wildman–Crippen LogP) is -0.992. The highest BCUT2D eigenvalue weighted by Crippen LogP contribution is 2.33. The molecule has 1 saturated heterocycles. The molecule has 2 aromatic rings. The molecule has 1 unspecified atom stereocenters. The van der Waals surface area contributed by atoms with Gasteiger partial charge in [0.05, 0.1) is 25.4 Å². The summed E-state index contributed by atoms with van der Waals surface area (Å²) >= 11 is 0. The molecule has 0 aliphatic carbocycles. The van der Waals surface area contributed by atoms with E-state index in [1.165, 1.54) is 12.7 Å². The highest BCUT2D eigenvalue weighted by atomic mass is 16.5. The number of nitrogens with one attached hydrogen (secondary N) is 1. The molecule has 1 fully saturated rings. The molecule has 2 aromatic heterocycles. The predicted molar refractivity (Wildman–Crippen MR) is 64.3 cm³/mol. The number of rotatable bonds is 3. The van der Waals surface area contributed by atoms with Gasteiger partial charge in [0.15, 0.2) is 11.2 Å². The van der Waals surface area contributed by atoms with Crippen molar-refractivity contribution in [3.05, 3.63) is 23.0 Å². The van der Waals surface area contributed by atoms with Gasteiger partial charge in [0.1, 0.15) is 6.23 Å². The second-order valence-corrected chi connectivity index (χ2v) is 4.55. The SMILES string of the molecule is O=c1[nH]cnc2c1ncn2[C@@H]1CC(CO)[C@H](CO)O1. The van der Waals surface area contributed by atoms with E-state index in [2.05, 4.69) is 15.0 Å². The fourth-order valence-corrected chi connectivity index (χ4v) is 2.42. The van der Waals surface area contributed by atoms with Crippen LogP contribution < -0.4 is 5.56 Å². The minimum absolute atomic E-state index is 0.0532. The number of aliphatic hydroxyl groups excluding tert-OH is 2. The Morgan fingerprint density at radius 3 is 2.95 bits per heavy atom.